The third-order valence-electron chi connectivity index (χ3n) is 4.23. The molecule has 0 unspecified atom stereocenters. The van der Waals surface area contributed by atoms with Crippen LogP contribution < -0.4 is 16.0 Å². The number of carbonyl (C=O) groups excluding carboxylic acids is 2. The van der Waals surface area contributed by atoms with Crippen LogP contribution in [0.3, 0.4) is 0 Å². The molecule has 20 heavy (non-hydrogen) atoms. The quantitative estimate of drug-likeness (QED) is 0.731. The van der Waals surface area contributed by atoms with Crippen LogP contribution in [0, 0.1) is 0 Å². The van der Waals surface area contributed by atoms with Crippen molar-refractivity contribution in [2.24, 2.45) is 0 Å². The number of amides is 2. The maximum Gasteiger partial charge on any atom is 0.245 e. The zero-order valence-corrected chi connectivity index (χ0v) is 13.0. The topological polar surface area (TPSA) is 70.2 Å². The molecular weight excluding hydrogens is 278 g/mol. The van der Waals surface area contributed by atoms with Gasteiger partial charge in [-0.05, 0) is 38.8 Å². The minimum absolute atomic E-state index is 0. The first-order valence-corrected chi connectivity index (χ1v) is 7.43. The molecule has 0 bridgehead atoms. The highest BCUT2D eigenvalue weighted by atomic mass is 35.5. The number of halogens is 1. The molecule has 1 aliphatic heterocycles. The lowest BCUT2D eigenvalue weighted by Gasteiger charge is -2.38. The Morgan fingerprint density at radius 2 is 1.70 bits per heavy atom. The molecule has 0 aromatic carbocycles. The van der Waals surface area contributed by atoms with Gasteiger partial charge >= 0.3 is 0 Å². The van der Waals surface area contributed by atoms with Gasteiger partial charge in [-0.1, -0.05) is 19.3 Å². The summed E-state index contributed by atoms with van der Waals surface area (Å²) in [6.45, 7) is 3.41. The van der Waals surface area contributed by atoms with Gasteiger partial charge in [-0.25, -0.2) is 0 Å². The van der Waals surface area contributed by atoms with E-state index in [2.05, 4.69) is 16.0 Å². The van der Waals surface area contributed by atoms with Crippen molar-refractivity contribution in [2.45, 2.75) is 63.5 Å². The summed E-state index contributed by atoms with van der Waals surface area (Å²) in [5, 5.41) is 9.35. The van der Waals surface area contributed by atoms with Gasteiger partial charge in [0.1, 0.15) is 5.54 Å². The van der Waals surface area contributed by atoms with Gasteiger partial charge in [0.05, 0.1) is 0 Å². The number of hydrogen-bond donors (Lipinski definition) is 3. The van der Waals surface area contributed by atoms with Gasteiger partial charge in [-0.3, -0.25) is 9.59 Å². The average molecular weight is 304 g/mol. The van der Waals surface area contributed by atoms with Crippen molar-refractivity contribution in [2.75, 3.05) is 13.1 Å². The lowest BCUT2D eigenvalue weighted by molar-refractivity contribution is -0.135. The number of hydrogen-bond acceptors (Lipinski definition) is 3. The zero-order valence-electron chi connectivity index (χ0n) is 12.2. The predicted octanol–water partition coefficient (Wildman–Crippen LogP) is 1.12. The van der Waals surface area contributed by atoms with E-state index in [1.165, 1.54) is 6.92 Å². The van der Waals surface area contributed by atoms with Crippen LogP contribution in [0.5, 0.6) is 0 Å². The van der Waals surface area contributed by atoms with Crippen molar-refractivity contribution in [3.8, 4) is 0 Å². The van der Waals surface area contributed by atoms with Crippen molar-refractivity contribution in [1.82, 2.24) is 16.0 Å². The van der Waals surface area contributed by atoms with Crippen LogP contribution in [0.15, 0.2) is 0 Å². The summed E-state index contributed by atoms with van der Waals surface area (Å²) in [5.74, 6) is -0.0864. The maximum atomic E-state index is 12.6. The van der Waals surface area contributed by atoms with Gasteiger partial charge in [0, 0.05) is 13.0 Å². The summed E-state index contributed by atoms with van der Waals surface area (Å²) in [7, 11) is 0. The molecule has 0 atom stereocenters. The van der Waals surface area contributed by atoms with Gasteiger partial charge < -0.3 is 16.0 Å². The van der Waals surface area contributed by atoms with Crippen molar-refractivity contribution < 1.29 is 9.59 Å². The van der Waals surface area contributed by atoms with Gasteiger partial charge in [0.25, 0.3) is 0 Å². The molecule has 5 nitrogen and oxygen atoms in total. The van der Waals surface area contributed by atoms with Crippen LogP contribution >= 0.6 is 12.4 Å². The average Bonchev–Trinajstić information content (AvgIpc) is 2.40. The second-order valence-corrected chi connectivity index (χ2v) is 5.82. The summed E-state index contributed by atoms with van der Waals surface area (Å²) in [4.78, 5) is 24.0. The zero-order chi connectivity index (χ0) is 13.7. The minimum atomic E-state index is -0.658. The lowest BCUT2D eigenvalue weighted by atomic mass is 9.80. The first-order chi connectivity index (χ1) is 9.12. The predicted molar refractivity (Wildman–Crippen MR) is 80.9 cm³/mol. The number of piperidine rings is 1. The molecule has 116 valence electrons. The van der Waals surface area contributed by atoms with Crippen molar-refractivity contribution >= 4 is 24.2 Å². The third kappa shape index (κ3) is 4.35. The van der Waals surface area contributed by atoms with Crippen LogP contribution in [-0.4, -0.2) is 36.5 Å². The number of carbonyl (C=O) groups is 2. The lowest BCUT2D eigenvalue weighted by Crippen LogP contribution is -2.61. The third-order valence-corrected chi connectivity index (χ3v) is 4.23. The summed E-state index contributed by atoms with van der Waals surface area (Å²) < 4.78 is 0. The van der Waals surface area contributed by atoms with E-state index < -0.39 is 5.54 Å². The molecule has 0 radical (unpaired) electrons. The molecule has 0 aromatic rings. The van der Waals surface area contributed by atoms with E-state index in [-0.39, 0.29) is 30.3 Å². The van der Waals surface area contributed by atoms with Gasteiger partial charge in [-0.2, -0.15) is 0 Å². The molecule has 2 aliphatic rings. The molecule has 2 rings (SSSR count). The Bertz CT molecular complexity index is 337. The summed E-state index contributed by atoms with van der Waals surface area (Å²) in [6.07, 6.45) is 6.67. The molecule has 0 aromatic heterocycles. The molecule has 1 aliphatic carbocycles. The maximum absolute atomic E-state index is 12.6. The Morgan fingerprint density at radius 1 is 1.10 bits per heavy atom. The fourth-order valence-electron chi connectivity index (χ4n) is 3.19. The summed E-state index contributed by atoms with van der Waals surface area (Å²) in [5.41, 5.74) is -0.658. The molecule has 2 amide bonds. The second kappa shape index (κ2) is 7.84. The van der Waals surface area contributed by atoms with Crippen molar-refractivity contribution in [3.63, 3.8) is 0 Å². The normalized spacial score (nSPS) is 22.4. The Morgan fingerprint density at radius 3 is 2.25 bits per heavy atom. The molecule has 1 saturated heterocycles. The first kappa shape index (κ1) is 17.2. The molecule has 3 N–H and O–H groups in total. The highest BCUT2D eigenvalue weighted by Gasteiger charge is 2.40. The van der Waals surface area contributed by atoms with Gasteiger partial charge in [0.15, 0.2) is 0 Å². The number of nitrogens with one attached hydrogen (secondary N) is 3. The molecule has 0 spiro atoms. The van der Waals surface area contributed by atoms with Gasteiger partial charge in [0.2, 0.25) is 11.8 Å². The van der Waals surface area contributed by atoms with Crippen LogP contribution in [0.1, 0.15) is 51.9 Å². The van der Waals surface area contributed by atoms with Crippen LogP contribution in [0.2, 0.25) is 0 Å². The Labute approximate surface area is 127 Å². The highest BCUT2D eigenvalue weighted by Crippen LogP contribution is 2.28. The van der Waals surface area contributed by atoms with E-state index in [1.807, 2.05) is 0 Å². The van der Waals surface area contributed by atoms with E-state index in [9.17, 15) is 9.59 Å². The Balaban J connectivity index is 0.00000200. The first-order valence-electron chi connectivity index (χ1n) is 7.43. The summed E-state index contributed by atoms with van der Waals surface area (Å²) >= 11 is 0. The Hall–Kier alpha value is -0.810. The van der Waals surface area contributed by atoms with Gasteiger partial charge in [-0.15, -0.1) is 12.4 Å². The van der Waals surface area contributed by atoms with E-state index >= 15 is 0 Å². The molecular formula is C14H26ClN3O2. The van der Waals surface area contributed by atoms with E-state index in [4.69, 9.17) is 0 Å². The fraction of sp³-hybridized carbons (Fsp3) is 0.857. The molecule has 6 heteroatoms. The standard InChI is InChI=1S/C14H25N3O2.ClH/c1-11(18)17-14(7-3-2-4-8-14)13(19)16-12-5-9-15-10-6-12;/h12,15H,2-10H2,1H3,(H,16,19)(H,17,18);1H. The van der Waals surface area contributed by atoms with Crippen LogP contribution in [-0.2, 0) is 9.59 Å². The molecule has 1 saturated carbocycles. The largest absolute Gasteiger partial charge is 0.351 e. The number of rotatable bonds is 3. The smallest absolute Gasteiger partial charge is 0.245 e. The van der Waals surface area contributed by atoms with Crippen LogP contribution in [0.25, 0.3) is 0 Å². The highest BCUT2D eigenvalue weighted by molar-refractivity contribution is 5.91. The van der Waals surface area contributed by atoms with E-state index in [0.29, 0.717) is 0 Å². The monoisotopic (exact) mass is 303 g/mol. The second-order valence-electron chi connectivity index (χ2n) is 5.82. The fourth-order valence-corrected chi connectivity index (χ4v) is 3.19. The van der Waals surface area contributed by atoms with E-state index in [1.54, 1.807) is 0 Å². The SMILES string of the molecule is CC(=O)NC1(C(=O)NC2CCNCC2)CCCCC1.Cl. The van der Waals surface area contributed by atoms with E-state index in [0.717, 1.165) is 58.0 Å². The molecule has 1 heterocycles. The van der Waals surface area contributed by atoms with Crippen molar-refractivity contribution in [3.05, 3.63) is 0 Å². The Kier molecular flexibility index (Phi) is 6.76. The summed E-state index contributed by atoms with van der Waals surface area (Å²) in [6, 6.07) is 0.251. The van der Waals surface area contributed by atoms with Crippen LogP contribution in [0.4, 0.5) is 0 Å². The molecule has 2 fully saturated rings. The minimum Gasteiger partial charge on any atom is -0.351 e. The van der Waals surface area contributed by atoms with Crippen molar-refractivity contribution in [1.29, 1.82) is 0 Å².